The molecule has 0 aliphatic rings. The van der Waals surface area contributed by atoms with E-state index in [1.807, 2.05) is 24.3 Å². The minimum atomic E-state index is -0.997. The van der Waals surface area contributed by atoms with E-state index in [4.69, 9.17) is 23.1 Å². The molecular weight excluding hydrogens is 238 g/mol. The monoisotopic (exact) mass is 253 g/mol. The van der Waals surface area contributed by atoms with Gasteiger partial charge >= 0.3 is 5.97 Å². The number of hydrogen-bond donors (Lipinski definition) is 4. The Labute approximate surface area is 105 Å². The number of carboxylic acids is 1. The summed E-state index contributed by atoms with van der Waals surface area (Å²) in [5.74, 6) is -0.997. The van der Waals surface area contributed by atoms with Gasteiger partial charge in [-0.05, 0) is 36.3 Å². The number of benzene rings is 1. The van der Waals surface area contributed by atoms with Crippen LogP contribution in [0.3, 0.4) is 0 Å². The van der Waals surface area contributed by atoms with Crippen LogP contribution in [0.25, 0.3) is 0 Å². The average Bonchev–Trinajstić information content (AvgIpc) is 2.31. The summed E-state index contributed by atoms with van der Waals surface area (Å²) in [5.41, 5.74) is 7.16. The molecule has 0 spiro atoms. The largest absolute Gasteiger partial charge is 0.480 e. The van der Waals surface area contributed by atoms with Gasteiger partial charge in [0.25, 0.3) is 0 Å². The SMILES string of the molecule is CNC(=S)Nc1ccc(C[C@H](N)C(=O)O)cc1. The maximum atomic E-state index is 10.6. The Bertz CT molecular complexity index is 406. The Hall–Kier alpha value is -1.66. The summed E-state index contributed by atoms with van der Waals surface area (Å²) in [5, 5.41) is 15.0. The van der Waals surface area contributed by atoms with E-state index in [0.717, 1.165) is 11.3 Å². The van der Waals surface area contributed by atoms with E-state index < -0.39 is 12.0 Å². The number of carbonyl (C=O) groups is 1. The lowest BCUT2D eigenvalue weighted by atomic mass is 10.1. The van der Waals surface area contributed by atoms with Crippen LogP contribution in [0.2, 0.25) is 0 Å². The van der Waals surface area contributed by atoms with Crippen molar-refractivity contribution in [2.24, 2.45) is 5.73 Å². The second kappa shape index (κ2) is 6.17. The van der Waals surface area contributed by atoms with Crippen LogP contribution >= 0.6 is 12.2 Å². The van der Waals surface area contributed by atoms with Crippen LogP contribution in [-0.4, -0.2) is 29.3 Å². The number of anilines is 1. The van der Waals surface area contributed by atoms with Crippen molar-refractivity contribution in [2.75, 3.05) is 12.4 Å². The molecule has 1 aromatic carbocycles. The van der Waals surface area contributed by atoms with Crippen LogP contribution in [0, 0.1) is 0 Å². The van der Waals surface area contributed by atoms with E-state index >= 15 is 0 Å². The van der Waals surface area contributed by atoms with Crippen LogP contribution in [0.15, 0.2) is 24.3 Å². The molecule has 0 bridgehead atoms. The molecule has 0 aliphatic carbocycles. The highest BCUT2D eigenvalue weighted by Crippen LogP contribution is 2.10. The van der Waals surface area contributed by atoms with E-state index in [0.29, 0.717) is 11.5 Å². The first-order valence-electron chi connectivity index (χ1n) is 5.09. The van der Waals surface area contributed by atoms with Crippen LogP contribution < -0.4 is 16.4 Å². The normalized spacial score (nSPS) is 11.6. The van der Waals surface area contributed by atoms with Crippen molar-refractivity contribution in [2.45, 2.75) is 12.5 Å². The molecule has 5 nitrogen and oxygen atoms in total. The summed E-state index contributed by atoms with van der Waals surface area (Å²) < 4.78 is 0. The standard InChI is InChI=1S/C11H15N3O2S/c1-13-11(17)14-8-4-2-7(3-5-8)6-9(12)10(15)16/h2-5,9H,6,12H2,1H3,(H,15,16)(H2,13,14,17)/t9-/m0/s1. The zero-order valence-electron chi connectivity index (χ0n) is 9.43. The molecular formula is C11H15N3O2S. The molecule has 17 heavy (non-hydrogen) atoms. The Morgan fingerprint density at radius 3 is 2.53 bits per heavy atom. The maximum Gasteiger partial charge on any atom is 0.320 e. The number of thiocarbonyl (C=S) groups is 1. The molecule has 1 aromatic rings. The van der Waals surface area contributed by atoms with E-state index in [2.05, 4.69) is 10.6 Å². The second-order valence-corrected chi connectivity index (χ2v) is 3.96. The van der Waals surface area contributed by atoms with E-state index in [9.17, 15) is 4.79 Å². The van der Waals surface area contributed by atoms with E-state index in [-0.39, 0.29) is 0 Å². The summed E-state index contributed by atoms with van der Waals surface area (Å²) in [7, 11) is 1.73. The fourth-order valence-corrected chi connectivity index (χ4v) is 1.38. The first-order chi connectivity index (χ1) is 8.02. The minimum absolute atomic E-state index is 0.312. The van der Waals surface area contributed by atoms with Crippen molar-refractivity contribution >= 4 is 29.0 Å². The van der Waals surface area contributed by atoms with Crippen LogP contribution in [0.4, 0.5) is 5.69 Å². The van der Waals surface area contributed by atoms with Gasteiger partial charge in [-0.2, -0.15) is 0 Å². The number of hydrogen-bond acceptors (Lipinski definition) is 3. The zero-order valence-corrected chi connectivity index (χ0v) is 10.3. The van der Waals surface area contributed by atoms with Crippen LogP contribution in [-0.2, 0) is 11.2 Å². The lowest BCUT2D eigenvalue weighted by Crippen LogP contribution is -2.32. The van der Waals surface area contributed by atoms with Gasteiger partial charge in [-0.15, -0.1) is 0 Å². The van der Waals surface area contributed by atoms with Crippen LogP contribution in [0.5, 0.6) is 0 Å². The molecule has 0 amide bonds. The van der Waals surface area contributed by atoms with Gasteiger partial charge in [0.15, 0.2) is 5.11 Å². The smallest absolute Gasteiger partial charge is 0.320 e. The molecule has 5 N–H and O–H groups in total. The minimum Gasteiger partial charge on any atom is -0.480 e. The number of nitrogens with one attached hydrogen (secondary N) is 2. The molecule has 0 aromatic heterocycles. The third-order valence-electron chi connectivity index (χ3n) is 2.21. The fraction of sp³-hybridized carbons (Fsp3) is 0.273. The highest BCUT2D eigenvalue weighted by Gasteiger charge is 2.11. The molecule has 92 valence electrons. The van der Waals surface area contributed by atoms with Crippen molar-refractivity contribution in [1.29, 1.82) is 0 Å². The quantitative estimate of drug-likeness (QED) is 0.586. The summed E-state index contributed by atoms with van der Waals surface area (Å²) in [6.45, 7) is 0. The summed E-state index contributed by atoms with van der Waals surface area (Å²) in [4.78, 5) is 10.6. The van der Waals surface area contributed by atoms with Crippen molar-refractivity contribution < 1.29 is 9.90 Å². The first kappa shape index (κ1) is 13.4. The number of rotatable bonds is 4. The Morgan fingerprint density at radius 1 is 1.47 bits per heavy atom. The van der Waals surface area contributed by atoms with Crippen molar-refractivity contribution in [3.63, 3.8) is 0 Å². The van der Waals surface area contributed by atoms with E-state index in [1.54, 1.807) is 7.05 Å². The van der Waals surface area contributed by atoms with Crippen molar-refractivity contribution in [3.05, 3.63) is 29.8 Å². The highest BCUT2D eigenvalue weighted by molar-refractivity contribution is 7.80. The predicted molar refractivity (Wildman–Crippen MR) is 71.0 cm³/mol. The summed E-state index contributed by atoms with van der Waals surface area (Å²) >= 11 is 4.95. The summed E-state index contributed by atoms with van der Waals surface area (Å²) in [6, 6.07) is 6.43. The molecule has 0 radical (unpaired) electrons. The molecule has 0 aliphatic heterocycles. The predicted octanol–water partition coefficient (Wildman–Crippen LogP) is 0.557. The van der Waals surface area contributed by atoms with Crippen LogP contribution in [0.1, 0.15) is 5.56 Å². The van der Waals surface area contributed by atoms with Gasteiger partial charge in [0.1, 0.15) is 6.04 Å². The Balaban J connectivity index is 2.62. The van der Waals surface area contributed by atoms with Gasteiger partial charge in [0, 0.05) is 12.7 Å². The average molecular weight is 253 g/mol. The van der Waals surface area contributed by atoms with E-state index in [1.165, 1.54) is 0 Å². The molecule has 0 unspecified atom stereocenters. The van der Waals surface area contributed by atoms with Gasteiger partial charge in [-0.1, -0.05) is 12.1 Å². The van der Waals surface area contributed by atoms with Gasteiger partial charge in [-0.3, -0.25) is 4.79 Å². The van der Waals surface area contributed by atoms with Gasteiger partial charge in [0.2, 0.25) is 0 Å². The fourth-order valence-electron chi connectivity index (χ4n) is 1.26. The highest BCUT2D eigenvalue weighted by atomic mass is 32.1. The Kier molecular flexibility index (Phi) is 4.86. The zero-order chi connectivity index (χ0) is 12.8. The van der Waals surface area contributed by atoms with Gasteiger partial charge in [0.05, 0.1) is 0 Å². The van der Waals surface area contributed by atoms with Gasteiger partial charge in [-0.25, -0.2) is 0 Å². The lowest BCUT2D eigenvalue weighted by Gasteiger charge is -2.09. The third kappa shape index (κ3) is 4.38. The summed E-state index contributed by atoms with van der Waals surface area (Å²) in [6.07, 6.45) is 0.312. The number of aliphatic carboxylic acids is 1. The maximum absolute atomic E-state index is 10.6. The van der Waals surface area contributed by atoms with Crippen molar-refractivity contribution in [3.8, 4) is 0 Å². The second-order valence-electron chi connectivity index (χ2n) is 3.55. The lowest BCUT2D eigenvalue weighted by molar-refractivity contribution is -0.138. The molecule has 1 rings (SSSR count). The topological polar surface area (TPSA) is 87.4 Å². The molecule has 0 heterocycles. The Morgan fingerprint density at radius 2 is 2.06 bits per heavy atom. The number of nitrogens with two attached hydrogens (primary N) is 1. The number of carboxylic acid groups (broad SMARTS) is 1. The molecule has 0 fully saturated rings. The van der Waals surface area contributed by atoms with Gasteiger partial charge < -0.3 is 21.5 Å². The molecule has 0 saturated heterocycles. The molecule has 6 heteroatoms. The third-order valence-corrected chi connectivity index (χ3v) is 2.52. The van der Waals surface area contributed by atoms with Crippen molar-refractivity contribution in [1.82, 2.24) is 5.32 Å². The molecule has 0 saturated carbocycles. The first-order valence-corrected chi connectivity index (χ1v) is 5.50. The molecule has 1 atom stereocenters.